The Morgan fingerprint density at radius 3 is 3.00 bits per heavy atom. The van der Waals surface area contributed by atoms with Crippen molar-refractivity contribution in [3.63, 3.8) is 0 Å². The van der Waals surface area contributed by atoms with Gasteiger partial charge < -0.3 is 15.8 Å². The second-order valence-corrected chi connectivity index (χ2v) is 2.50. The Morgan fingerprint density at radius 1 is 1.62 bits per heavy atom. The number of fused-ring (bicyclic) bond motifs is 1. The van der Waals surface area contributed by atoms with Crippen LogP contribution in [0.1, 0.15) is 10.5 Å². The van der Waals surface area contributed by atoms with Crippen LogP contribution in [-0.4, -0.2) is 26.0 Å². The third-order valence-electron chi connectivity index (χ3n) is 1.73. The highest BCUT2D eigenvalue weighted by Crippen LogP contribution is 2.21. The maximum Gasteiger partial charge on any atom is 0.354 e. The second-order valence-electron chi connectivity index (χ2n) is 2.50. The molecule has 0 saturated carbocycles. The van der Waals surface area contributed by atoms with Gasteiger partial charge in [0.15, 0.2) is 0 Å². The zero-order chi connectivity index (χ0) is 9.42. The first kappa shape index (κ1) is 7.53. The van der Waals surface area contributed by atoms with Gasteiger partial charge in [-0.15, -0.1) is 0 Å². The molecular formula is C7H6N4O2. The molecular weight excluding hydrogens is 172 g/mol. The Labute approximate surface area is 72.4 Å². The molecule has 6 heteroatoms. The molecule has 0 aliphatic heterocycles. The van der Waals surface area contributed by atoms with Crippen molar-refractivity contribution in [3.05, 3.63) is 18.2 Å². The molecule has 0 unspecified atom stereocenters. The largest absolute Gasteiger partial charge is 0.477 e. The van der Waals surface area contributed by atoms with Gasteiger partial charge in [-0.1, -0.05) is 0 Å². The van der Waals surface area contributed by atoms with Gasteiger partial charge in [0, 0.05) is 6.20 Å². The lowest BCUT2D eigenvalue weighted by Crippen LogP contribution is -2.00. The van der Waals surface area contributed by atoms with Crippen LogP contribution in [0.5, 0.6) is 0 Å². The van der Waals surface area contributed by atoms with Gasteiger partial charge in [0.25, 0.3) is 0 Å². The van der Waals surface area contributed by atoms with Gasteiger partial charge in [0.2, 0.25) is 0 Å². The van der Waals surface area contributed by atoms with Crippen LogP contribution < -0.4 is 5.73 Å². The fourth-order valence-electron chi connectivity index (χ4n) is 1.12. The molecule has 13 heavy (non-hydrogen) atoms. The minimum Gasteiger partial charge on any atom is -0.477 e. The number of hydrogen-bond donors (Lipinski definition) is 3. The first-order valence-electron chi connectivity index (χ1n) is 3.50. The number of aromatic nitrogens is 3. The topological polar surface area (TPSA) is 105 Å². The van der Waals surface area contributed by atoms with E-state index in [-0.39, 0.29) is 11.4 Å². The minimum absolute atomic E-state index is 0.0458. The second kappa shape index (κ2) is 2.44. The molecule has 2 aromatic heterocycles. The lowest BCUT2D eigenvalue weighted by atomic mass is 10.3. The van der Waals surface area contributed by atoms with Crippen LogP contribution >= 0.6 is 0 Å². The molecule has 0 radical (unpaired) electrons. The molecule has 2 heterocycles. The summed E-state index contributed by atoms with van der Waals surface area (Å²) in [7, 11) is 0. The fraction of sp³-hybridized carbons (Fsp3) is 0. The zero-order valence-electron chi connectivity index (χ0n) is 6.48. The number of carboxylic acid groups (broad SMARTS) is 1. The van der Waals surface area contributed by atoms with Crippen LogP contribution in [0.4, 0.5) is 5.69 Å². The SMILES string of the molecule is Nc1c(C(=O)O)[nH]c2ncncc12. The zero-order valence-corrected chi connectivity index (χ0v) is 6.48. The van der Waals surface area contributed by atoms with Gasteiger partial charge in [-0.2, -0.15) is 0 Å². The van der Waals surface area contributed by atoms with Gasteiger partial charge in [-0.25, -0.2) is 14.8 Å². The number of nitrogens with zero attached hydrogens (tertiary/aromatic N) is 2. The predicted octanol–water partition coefficient (Wildman–Crippen LogP) is 0.238. The van der Waals surface area contributed by atoms with E-state index in [9.17, 15) is 4.79 Å². The van der Waals surface area contributed by atoms with Crippen LogP contribution in [0.15, 0.2) is 12.5 Å². The van der Waals surface area contributed by atoms with Crippen LogP contribution in [0, 0.1) is 0 Å². The number of rotatable bonds is 1. The lowest BCUT2D eigenvalue weighted by Gasteiger charge is -1.89. The standard InChI is InChI=1S/C7H6N4O2/c8-4-3-1-9-2-10-6(3)11-5(4)7(12)13/h1-2H,8H2,(H,12,13)(H,9,10,11). The van der Waals surface area contributed by atoms with E-state index in [0.29, 0.717) is 11.0 Å². The summed E-state index contributed by atoms with van der Waals surface area (Å²) in [5.41, 5.74) is 6.11. The summed E-state index contributed by atoms with van der Waals surface area (Å²) in [6.07, 6.45) is 2.80. The van der Waals surface area contributed by atoms with Gasteiger partial charge >= 0.3 is 5.97 Å². The maximum atomic E-state index is 10.6. The minimum atomic E-state index is -1.10. The molecule has 66 valence electrons. The van der Waals surface area contributed by atoms with E-state index in [1.165, 1.54) is 12.5 Å². The number of aromatic carboxylic acids is 1. The summed E-state index contributed by atoms with van der Waals surface area (Å²) in [6.45, 7) is 0. The van der Waals surface area contributed by atoms with Crippen molar-refractivity contribution in [2.45, 2.75) is 0 Å². The molecule has 0 saturated heterocycles. The number of carboxylic acids is 1. The molecule has 2 aromatic rings. The molecule has 0 aliphatic carbocycles. The molecule has 0 bridgehead atoms. The summed E-state index contributed by atoms with van der Waals surface area (Å²) in [4.78, 5) is 20.8. The van der Waals surface area contributed by atoms with Crippen molar-refractivity contribution in [1.29, 1.82) is 0 Å². The Hall–Kier alpha value is -2.11. The first-order chi connectivity index (χ1) is 6.20. The number of carbonyl (C=O) groups is 1. The Kier molecular flexibility index (Phi) is 1.42. The number of nitrogens with two attached hydrogens (primary N) is 1. The average Bonchev–Trinajstić information content (AvgIpc) is 2.45. The van der Waals surface area contributed by atoms with Crippen LogP contribution in [0.25, 0.3) is 11.0 Å². The normalized spacial score (nSPS) is 10.5. The molecule has 0 fully saturated rings. The van der Waals surface area contributed by atoms with Crippen molar-refractivity contribution < 1.29 is 9.90 Å². The smallest absolute Gasteiger partial charge is 0.354 e. The summed E-state index contributed by atoms with van der Waals surface area (Å²) in [6, 6.07) is 0. The highest BCUT2D eigenvalue weighted by molar-refractivity contribution is 6.03. The third kappa shape index (κ3) is 0.994. The number of H-pyrrole nitrogens is 1. The van der Waals surface area contributed by atoms with E-state index in [1.807, 2.05) is 0 Å². The molecule has 4 N–H and O–H groups in total. The highest BCUT2D eigenvalue weighted by Gasteiger charge is 2.14. The Balaban J connectivity index is 2.81. The first-order valence-corrected chi connectivity index (χ1v) is 3.50. The van der Waals surface area contributed by atoms with Crippen molar-refractivity contribution in [3.8, 4) is 0 Å². The monoisotopic (exact) mass is 178 g/mol. The Morgan fingerprint density at radius 2 is 2.38 bits per heavy atom. The van der Waals surface area contributed by atoms with Gasteiger partial charge in [0.1, 0.15) is 17.7 Å². The van der Waals surface area contributed by atoms with Gasteiger partial charge in [-0.05, 0) is 0 Å². The number of aromatic amines is 1. The van der Waals surface area contributed by atoms with Crippen molar-refractivity contribution in [2.75, 3.05) is 5.73 Å². The van der Waals surface area contributed by atoms with E-state index < -0.39 is 5.97 Å². The number of anilines is 1. The summed E-state index contributed by atoms with van der Waals surface area (Å²) >= 11 is 0. The van der Waals surface area contributed by atoms with Crippen LogP contribution in [0.3, 0.4) is 0 Å². The van der Waals surface area contributed by atoms with Crippen molar-refractivity contribution >= 4 is 22.7 Å². The quantitative estimate of drug-likeness (QED) is 0.580. The van der Waals surface area contributed by atoms with E-state index in [4.69, 9.17) is 10.8 Å². The number of hydrogen-bond acceptors (Lipinski definition) is 4. The molecule has 2 rings (SSSR count). The van der Waals surface area contributed by atoms with Crippen molar-refractivity contribution in [1.82, 2.24) is 15.0 Å². The molecule has 0 amide bonds. The van der Waals surface area contributed by atoms with Gasteiger partial charge in [0.05, 0.1) is 11.1 Å². The van der Waals surface area contributed by atoms with Crippen LogP contribution in [-0.2, 0) is 0 Å². The summed E-state index contributed by atoms with van der Waals surface area (Å²) in [5, 5.41) is 9.23. The van der Waals surface area contributed by atoms with E-state index in [2.05, 4.69) is 15.0 Å². The molecule has 6 nitrogen and oxygen atoms in total. The number of nitrogens with one attached hydrogen (secondary N) is 1. The molecule has 0 spiro atoms. The fourth-order valence-corrected chi connectivity index (χ4v) is 1.12. The number of nitrogen functional groups attached to an aromatic ring is 1. The summed E-state index contributed by atoms with van der Waals surface area (Å²) < 4.78 is 0. The molecule has 0 aliphatic rings. The average molecular weight is 178 g/mol. The van der Waals surface area contributed by atoms with E-state index in [0.717, 1.165) is 0 Å². The molecule has 0 atom stereocenters. The van der Waals surface area contributed by atoms with E-state index in [1.54, 1.807) is 0 Å². The molecule has 0 aromatic carbocycles. The predicted molar refractivity (Wildman–Crippen MR) is 45.3 cm³/mol. The van der Waals surface area contributed by atoms with Crippen LogP contribution in [0.2, 0.25) is 0 Å². The highest BCUT2D eigenvalue weighted by atomic mass is 16.4. The van der Waals surface area contributed by atoms with Gasteiger partial charge in [-0.3, -0.25) is 0 Å². The third-order valence-corrected chi connectivity index (χ3v) is 1.73. The van der Waals surface area contributed by atoms with E-state index >= 15 is 0 Å². The lowest BCUT2D eigenvalue weighted by molar-refractivity contribution is 0.0692. The van der Waals surface area contributed by atoms with Crippen molar-refractivity contribution in [2.24, 2.45) is 0 Å². The maximum absolute atomic E-state index is 10.6. The summed E-state index contributed by atoms with van der Waals surface area (Å²) in [5.74, 6) is -1.10. The Bertz CT molecular complexity index is 476.